The maximum atomic E-state index is 11.6. The van der Waals surface area contributed by atoms with Gasteiger partial charge in [0, 0.05) is 17.8 Å². The highest BCUT2D eigenvalue weighted by Gasteiger charge is 2.15. The average molecular weight is 278 g/mol. The standard InChI is InChI=1S/C14H16ClN3O/c1-9-8-13(14(19)16-3)17-18(9)10(2)11-4-6-12(15)7-5-11/h4-8,10H,1-3H3,(H,16,19). The molecule has 0 aliphatic heterocycles. The molecule has 2 rings (SSSR count). The van der Waals surface area contributed by atoms with Gasteiger partial charge in [-0.1, -0.05) is 23.7 Å². The van der Waals surface area contributed by atoms with Crippen LogP contribution in [0.25, 0.3) is 0 Å². The van der Waals surface area contributed by atoms with Gasteiger partial charge in [-0.15, -0.1) is 0 Å². The SMILES string of the molecule is CNC(=O)c1cc(C)n(C(C)c2ccc(Cl)cc2)n1. The highest BCUT2D eigenvalue weighted by atomic mass is 35.5. The molecule has 0 saturated heterocycles. The number of nitrogens with one attached hydrogen (secondary N) is 1. The first-order valence-electron chi connectivity index (χ1n) is 6.06. The molecule has 1 aromatic heterocycles. The second-order valence-corrected chi connectivity index (χ2v) is 4.86. The predicted molar refractivity (Wildman–Crippen MR) is 75.6 cm³/mol. The number of hydrogen-bond donors (Lipinski definition) is 1. The third kappa shape index (κ3) is 2.79. The van der Waals surface area contributed by atoms with E-state index >= 15 is 0 Å². The zero-order valence-electron chi connectivity index (χ0n) is 11.1. The van der Waals surface area contributed by atoms with Gasteiger partial charge in [0.25, 0.3) is 5.91 Å². The highest BCUT2D eigenvalue weighted by molar-refractivity contribution is 6.30. The van der Waals surface area contributed by atoms with Crippen molar-refractivity contribution < 1.29 is 4.79 Å². The summed E-state index contributed by atoms with van der Waals surface area (Å²) in [7, 11) is 1.60. The molecule has 5 heteroatoms. The van der Waals surface area contributed by atoms with Gasteiger partial charge in [0.1, 0.15) is 5.69 Å². The largest absolute Gasteiger partial charge is 0.354 e. The number of halogens is 1. The molecule has 1 amide bonds. The third-order valence-corrected chi connectivity index (χ3v) is 3.35. The van der Waals surface area contributed by atoms with Crippen LogP contribution in [0.2, 0.25) is 5.02 Å². The minimum absolute atomic E-state index is 0.0515. The van der Waals surface area contributed by atoms with E-state index in [9.17, 15) is 4.79 Å². The molecule has 0 saturated carbocycles. The summed E-state index contributed by atoms with van der Waals surface area (Å²) in [6.07, 6.45) is 0. The Bertz CT molecular complexity index is 589. The third-order valence-electron chi connectivity index (χ3n) is 3.10. The molecule has 0 aliphatic rings. The summed E-state index contributed by atoms with van der Waals surface area (Å²) in [6.45, 7) is 3.97. The van der Waals surface area contributed by atoms with Crippen LogP contribution < -0.4 is 5.32 Å². The van der Waals surface area contributed by atoms with Crippen LogP contribution in [0.15, 0.2) is 30.3 Å². The van der Waals surface area contributed by atoms with Crippen LogP contribution in [0.5, 0.6) is 0 Å². The normalized spacial score (nSPS) is 12.2. The van der Waals surface area contributed by atoms with Crippen molar-refractivity contribution in [1.29, 1.82) is 0 Å². The Morgan fingerprint density at radius 1 is 1.37 bits per heavy atom. The number of amides is 1. The molecule has 0 bridgehead atoms. The lowest BCUT2D eigenvalue weighted by Crippen LogP contribution is -2.19. The minimum Gasteiger partial charge on any atom is -0.354 e. The molecule has 19 heavy (non-hydrogen) atoms. The van der Waals surface area contributed by atoms with Gasteiger partial charge in [-0.2, -0.15) is 5.10 Å². The smallest absolute Gasteiger partial charge is 0.271 e. The summed E-state index contributed by atoms with van der Waals surface area (Å²) in [4.78, 5) is 11.6. The highest BCUT2D eigenvalue weighted by Crippen LogP contribution is 2.21. The first kappa shape index (κ1) is 13.6. The van der Waals surface area contributed by atoms with Crippen LogP contribution in [0.4, 0.5) is 0 Å². The lowest BCUT2D eigenvalue weighted by molar-refractivity contribution is 0.0957. The Morgan fingerprint density at radius 2 is 2.00 bits per heavy atom. The van der Waals surface area contributed by atoms with Crippen molar-refractivity contribution in [3.8, 4) is 0 Å². The Hall–Kier alpha value is -1.81. The number of carbonyl (C=O) groups excluding carboxylic acids is 1. The van der Waals surface area contributed by atoms with E-state index in [1.54, 1.807) is 13.1 Å². The van der Waals surface area contributed by atoms with E-state index < -0.39 is 0 Å². The minimum atomic E-state index is -0.176. The van der Waals surface area contributed by atoms with Gasteiger partial charge in [0.15, 0.2) is 0 Å². The van der Waals surface area contributed by atoms with Gasteiger partial charge in [-0.25, -0.2) is 0 Å². The molecule has 0 radical (unpaired) electrons. The topological polar surface area (TPSA) is 46.9 Å². The molecular weight excluding hydrogens is 262 g/mol. The zero-order valence-corrected chi connectivity index (χ0v) is 11.9. The van der Waals surface area contributed by atoms with Crippen molar-refractivity contribution in [2.75, 3.05) is 7.05 Å². The summed E-state index contributed by atoms with van der Waals surface area (Å²) in [6, 6.07) is 9.47. The van der Waals surface area contributed by atoms with Gasteiger partial charge in [-0.3, -0.25) is 9.48 Å². The lowest BCUT2D eigenvalue weighted by Gasteiger charge is -2.14. The number of benzene rings is 1. The number of hydrogen-bond acceptors (Lipinski definition) is 2. The van der Waals surface area contributed by atoms with E-state index in [0.717, 1.165) is 11.3 Å². The second kappa shape index (κ2) is 5.45. The Morgan fingerprint density at radius 3 is 2.58 bits per heavy atom. The molecule has 0 aliphatic carbocycles. The van der Waals surface area contributed by atoms with Crippen molar-refractivity contribution in [3.63, 3.8) is 0 Å². The van der Waals surface area contributed by atoms with Crippen molar-refractivity contribution in [1.82, 2.24) is 15.1 Å². The van der Waals surface area contributed by atoms with Gasteiger partial charge in [0.2, 0.25) is 0 Å². The number of carbonyl (C=O) groups is 1. The quantitative estimate of drug-likeness (QED) is 0.938. The van der Waals surface area contributed by atoms with Crippen molar-refractivity contribution in [3.05, 3.63) is 52.3 Å². The van der Waals surface area contributed by atoms with Gasteiger partial charge in [-0.05, 0) is 37.6 Å². The van der Waals surface area contributed by atoms with E-state index in [-0.39, 0.29) is 11.9 Å². The molecule has 4 nitrogen and oxygen atoms in total. The molecule has 100 valence electrons. The maximum absolute atomic E-state index is 11.6. The van der Waals surface area contributed by atoms with Crippen LogP contribution in [0.3, 0.4) is 0 Å². The summed E-state index contributed by atoms with van der Waals surface area (Å²) in [5.41, 5.74) is 2.47. The summed E-state index contributed by atoms with van der Waals surface area (Å²) >= 11 is 5.88. The number of rotatable bonds is 3. The van der Waals surface area contributed by atoms with Gasteiger partial charge in [0.05, 0.1) is 6.04 Å². The van der Waals surface area contributed by atoms with E-state index in [1.807, 2.05) is 42.8 Å². The molecule has 1 heterocycles. The number of aromatic nitrogens is 2. The van der Waals surface area contributed by atoms with E-state index in [0.29, 0.717) is 10.7 Å². The van der Waals surface area contributed by atoms with Crippen LogP contribution in [-0.2, 0) is 0 Å². The molecule has 1 atom stereocenters. The van der Waals surface area contributed by atoms with Crippen LogP contribution in [0.1, 0.15) is 34.7 Å². The Balaban J connectivity index is 2.33. The van der Waals surface area contributed by atoms with Crippen molar-refractivity contribution in [2.45, 2.75) is 19.9 Å². The zero-order chi connectivity index (χ0) is 14.0. The van der Waals surface area contributed by atoms with Gasteiger partial charge < -0.3 is 5.32 Å². The summed E-state index contributed by atoms with van der Waals surface area (Å²) < 4.78 is 1.84. The van der Waals surface area contributed by atoms with Gasteiger partial charge >= 0.3 is 0 Å². The van der Waals surface area contributed by atoms with E-state index in [2.05, 4.69) is 10.4 Å². The average Bonchev–Trinajstić information content (AvgIpc) is 2.80. The van der Waals surface area contributed by atoms with E-state index in [4.69, 9.17) is 11.6 Å². The van der Waals surface area contributed by atoms with Crippen molar-refractivity contribution in [2.24, 2.45) is 0 Å². The first-order chi connectivity index (χ1) is 9.02. The molecule has 0 spiro atoms. The maximum Gasteiger partial charge on any atom is 0.271 e. The summed E-state index contributed by atoms with van der Waals surface area (Å²) in [5, 5.41) is 7.63. The number of aryl methyl sites for hydroxylation is 1. The monoisotopic (exact) mass is 277 g/mol. The molecule has 0 fully saturated rings. The summed E-state index contributed by atoms with van der Waals surface area (Å²) in [5.74, 6) is -0.176. The Labute approximate surface area is 117 Å². The lowest BCUT2D eigenvalue weighted by atomic mass is 10.1. The fourth-order valence-electron chi connectivity index (χ4n) is 2.00. The molecular formula is C14H16ClN3O. The fourth-order valence-corrected chi connectivity index (χ4v) is 2.13. The van der Waals surface area contributed by atoms with Crippen LogP contribution in [0, 0.1) is 6.92 Å². The molecule has 2 aromatic rings. The molecule has 1 unspecified atom stereocenters. The molecule has 1 aromatic carbocycles. The van der Waals surface area contributed by atoms with Crippen LogP contribution in [-0.4, -0.2) is 22.7 Å². The second-order valence-electron chi connectivity index (χ2n) is 4.42. The fraction of sp³-hybridized carbons (Fsp3) is 0.286. The predicted octanol–water partition coefficient (Wildman–Crippen LogP) is 2.81. The van der Waals surface area contributed by atoms with Crippen LogP contribution >= 0.6 is 11.6 Å². The van der Waals surface area contributed by atoms with E-state index in [1.165, 1.54) is 0 Å². The first-order valence-corrected chi connectivity index (χ1v) is 6.44. The van der Waals surface area contributed by atoms with Crippen molar-refractivity contribution >= 4 is 17.5 Å². The Kier molecular flexibility index (Phi) is 3.90. The molecule has 1 N–H and O–H groups in total. The number of nitrogens with zero attached hydrogens (tertiary/aromatic N) is 2.